The number of likely N-dealkylation sites (N-methyl/N-ethyl adjacent to an activating group) is 1. The molecular weight excluding hydrogens is 250 g/mol. The number of carbonyl (C=O) groups is 1. The lowest BCUT2D eigenvalue weighted by Gasteiger charge is -2.21. The lowest BCUT2D eigenvalue weighted by Crippen LogP contribution is -2.31. The van der Waals surface area contributed by atoms with Gasteiger partial charge in [0.25, 0.3) is 0 Å². The Morgan fingerprint density at radius 1 is 1.50 bits per heavy atom. The second kappa shape index (κ2) is 6.90. The summed E-state index contributed by atoms with van der Waals surface area (Å²) in [5.74, 6) is 0.387. The zero-order chi connectivity index (χ0) is 13.5. The van der Waals surface area contributed by atoms with E-state index in [0.717, 1.165) is 0 Å². The Labute approximate surface area is 112 Å². The molecule has 0 amide bonds. The minimum Gasteiger partial charge on any atom is -0.465 e. The summed E-state index contributed by atoms with van der Waals surface area (Å²) in [4.78, 5) is 17.8. The van der Waals surface area contributed by atoms with E-state index in [1.165, 1.54) is 0 Å². The number of thiocarbonyl (C=S) groups is 1. The van der Waals surface area contributed by atoms with Gasteiger partial charge in [0.05, 0.1) is 12.3 Å². The molecule has 98 valence electrons. The SMILES string of the molecule is CCOC(=O)CN(CC)c1cccc(C(N)=S)n1. The van der Waals surface area contributed by atoms with Crippen LogP contribution in [0.25, 0.3) is 0 Å². The van der Waals surface area contributed by atoms with Crippen molar-refractivity contribution < 1.29 is 9.53 Å². The van der Waals surface area contributed by atoms with E-state index in [1.54, 1.807) is 17.9 Å². The molecule has 0 aliphatic carbocycles. The van der Waals surface area contributed by atoms with Gasteiger partial charge in [-0.2, -0.15) is 0 Å². The second-order valence-electron chi connectivity index (χ2n) is 3.56. The van der Waals surface area contributed by atoms with Crippen LogP contribution in [0.3, 0.4) is 0 Å². The third kappa shape index (κ3) is 3.96. The van der Waals surface area contributed by atoms with E-state index in [-0.39, 0.29) is 17.5 Å². The average Bonchev–Trinajstić information content (AvgIpc) is 2.36. The number of hydrogen-bond donors (Lipinski definition) is 1. The van der Waals surface area contributed by atoms with E-state index in [2.05, 4.69) is 4.98 Å². The first kappa shape index (κ1) is 14.4. The summed E-state index contributed by atoms with van der Waals surface area (Å²) >= 11 is 4.88. The van der Waals surface area contributed by atoms with E-state index in [0.29, 0.717) is 24.7 Å². The Hall–Kier alpha value is -1.69. The van der Waals surface area contributed by atoms with Crippen molar-refractivity contribution in [3.63, 3.8) is 0 Å². The summed E-state index contributed by atoms with van der Waals surface area (Å²) < 4.78 is 4.91. The van der Waals surface area contributed by atoms with Crippen LogP contribution in [0.4, 0.5) is 5.82 Å². The zero-order valence-electron chi connectivity index (χ0n) is 10.5. The number of pyridine rings is 1. The maximum absolute atomic E-state index is 11.5. The van der Waals surface area contributed by atoms with Crippen LogP contribution in [-0.4, -0.2) is 35.6 Å². The first-order chi connectivity index (χ1) is 8.58. The molecule has 0 saturated heterocycles. The van der Waals surface area contributed by atoms with Crippen LogP contribution >= 0.6 is 12.2 Å². The normalized spacial score (nSPS) is 9.89. The van der Waals surface area contributed by atoms with Crippen molar-refractivity contribution in [2.24, 2.45) is 5.73 Å². The fourth-order valence-corrected chi connectivity index (χ4v) is 1.57. The molecule has 2 N–H and O–H groups in total. The summed E-state index contributed by atoms with van der Waals surface area (Å²) in [5, 5.41) is 0. The smallest absolute Gasteiger partial charge is 0.325 e. The van der Waals surface area contributed by atoms with Crippen LogP contribution in [-0.2, 0) is 9.53 Å². The molecule has 0 fully saturated rings. The average molecular weight is 267 g/mol. The van der Waals surface area contributed by atoms with Gasteiger partial charge in [-0.15, -0.1) is 0 Å². The largest absolute Gasteiger partial charge is 0.465 e. The van der Waals surface area contributed by atoms with Gasteiger partial charge in [-0.25, -0.2) is 4.98 Å². The number of nitrogens with two attached hydrogens (primary N) is 1. The zero-order valence-corrected chi connectivity index (χ0v) is 11.4. The first-order valence-corrected chi connectivity index (χ1v) is 6.16. The minimum atomic E-state index is -0.276. The molecule has 1 aromatic heterocycles. The van der Waals surface area contributed by atoms with Gasteiger partial charge in [-0.1, -0.05) is 18.3 Å². The van der Waals surface area contributed by atoms with Crippen LogP contribution in [0.5, 0.6) is 0 Å². The van der Waals surface area contributed by atoms with Gasteiger partial charge in [0.1, 0.15) is 17.4 Å². The summed E-state index contributed by atoms with van der Waals surface area (Å²) in [6.45, 7) is 4.90. The van der Waals surface area contributed by atoms with Crippen molar-refractivity contribution in [1.29, 1.82) is 0 Å². The third-order valence-corrected chi connectivity index (χ3v) is 2.53. The third-order valence-electron chi connectivity index (χ3n) is 2.32. The molecule has 18 heavy (non-hydrogen) atoms. The monoisotopic (exact) mass is 267 g/mol. The van der Waals surface area contributed by atoms with Gasteiger partial charge < -0.3 is 15.4 Å². The number of esters is 1. The standard InChI is InChI=1S/C12H17N3O2S/c1-3-15(8-11(16)17-4-2)10-7-5-6-9(14-10)12(13)18/h5-7H,3-4,8H2,1-2H3,(H2,13,18). The molecule has 0 aliphatic heterocycles. The number of ether oxygens (including phenoxy) is 1. The second-order valence-corrected chi connectivity index (χ2v) is 4.00. The number of aromatic nitrogens is 1. The molecule has 0 spiro atoms. The predicted molar refractivity (Wildman–Crippen MR) is 74.6 cm³/mol. The summed E-state index contributed by atoms with van der Waals surface area (Å²) in [7, 11) is 0. The lowest BCUT2D eigenvalue weighted by atomic mass is 10.3. The van der Waals surface area contributed by atoms with E-state index in [1.807, 2.05) is 19.1 Å². The molecule has 0 saturated carbocycles. The number of anilines is 1. The summed E-state index contributed by atoms with van der Waals surface area (Å²) in [5.41, 5.74) is 6.08. The van der Waals surface area contributed by atoms with Crippen molar-refractivity contribution in [2.75, 3.05) is 24.6 Å². The molecule has 0 radical (unpaired) electrons. The highest BCUT2D eigenvalue weighted by molar-refractivity contribution is 7.80. The van der Waals surface area contributed by atoms with Gasteiger partial charge in [-0.3, -0.25) is 4.79 Å². The Balaban J connectivity index is 2.84. The Bertz CT molecular complexity index is 437. The molecule has 0 unspecified atom stereocenters. The van der Waals surface area contributed by atoms with Crippen LogP contribution in [0, 0.1) is 0 Å². The summed E-state index contributed by atoms with van der Waals surface area (Å²) in [6.07, 6.45) is 0. The van der Waals surface area contributed by atoms with Crippen molar-refractivity contribution >= 4 is 29.0 Å². The molecule has 1 heterocycles. The van der Waals surface area contributed by atoms with Gasteiger partial charge in [0.15, 0.2) is 0 Å². The quantitative estimate of drug-likeness (QED) is 0.615. The molecular formula is C12H17N3O2S. The highest BCUT2D eigenvalue weighted by Gasteiger charge is 2.12. The summed E-state index contributed by atoms with van der Waals surface area (Å²) in [6, 6.07) is 5.36. The van der Waals surface area contributed by atoms with Crippen molar-refractivity contribution in [3.8, 4) is 0 Å². The van der Waals surface area contributed by atoms with E-state index in [4.69, 9.17) is 22.7 Å². The van der Waals surface area contributed by atoms with Crippen LogP contribution in [0.1, 0.15) is 19.5 Å². The Morgan fingerprint density at radius 3 is 2.78 bits per heavy atom. The molecule has 0 bridgehead atoms. The van der Waals surface area contributed by atoms with Crippen LogP contribution in [0.2, 0.25) is 0 Å². The van der Waals surface area contributed by atoms with E-state index >= 15 is 0 Å². The molecule has 0 atom stereocenters. The van der Waals surface area contributed by atoms with Crippen molar-refractivity contribution in [2.45, 2.75) is 13.8 Å². The predicted octanol–water partition coefficient (Wildman–Crippen LogP) is 1.11. The maximum atomic E-state index is 11.5. The molecule has 1 aromatic rings. The number of rotatable bonds is 6. The molecule has 1 rings (SSSR count). The first-order valence-electron chi connectivity index (χ1n) is 5.75. The molecule has 0 aromatic carbocycles. The highest BCUT2D eigenvalue weighted by Crippen LogP contribution is 2.11. The van der Waals surface area contributed by atoms with Gasteiger partial charge in [0, 0.05) is 6.54 Å². The van der Waals surface area contributed by atoms with Gasteiger partial charge in [0.2, 0.25) is 0 Å². The number of carbonyl (C=O) groups excluding carboxylic acids is 1. The molecule has 5 nitrogen and oxygen atoms in total. The number of nitrogens with zero attached hydrogens (tertiary/aromatic N) is 2. The Kier molecular flexibility index (Phi) is 5.51. The fraction of sp³-hybridized carbons (Fsp3) is 0.417. The highest BCUT2D eigenvalue weighted by atomic mass is 32.1. The van der Waals surface area contributed by atoms with E-state index in [9.17, 15) is 4.79 Å². The fourth-order valence-electron chi connectivity index (χ4n) is 1.45. The van der Waals surface area contributed by atoms with Gasteiger partial charge >= 0.3 is 5.97 Å². The maximum Gasteiger partial charge on any atom is 0.325 e. The molecule has 0 aliphatic rings. The topological polar surface area (TPSA) is 68.5 Å². The van der Waals surface area contributed by atoms with Crippen LogP contribution in [0.15, 0.2) is 18.2 Å². The minimum absolute atomic E-state index is 0.165. The van der Waals surface area contributed by atoms with Gasteiger partial charge in [-0.05, 0) is 26.0 Å². The Morgan fingerprint density at radius 2 is 2.22 bits per heavy atom. The molecule has 6 heteroatoms. The van der Waals surface area contributed by atoms with Crippen LogP contribution < -0.4 is 10.6 Å². The van der Waals surface area contributed by atoms with E-state index < -0.39 is 0 Å². The van der Waals surface area contributed by atoms with Crippen molar-refractivity contribution in [1.82, 2.24) is 4.98 Å². The number of hydrogen-bond acceptors (Lipinski definition) is 5. The van der Waals surface area contributed by atoms with Crippen molar-refractivity contribution in [3.05, 3.63) is 23.9 Å². The lowest BCUT2D eigenvalue weighted by molar-refractivity contribution is -0.141.